The molecule has 6 heteroatoms. The number of nitrogens with one attached hydrogen (secondary N) is 2. The molecule has 1 saturated heterocycles. The van der Waals surface area contributed by atoms with Gasteiger partial charge in [0.1, 0.15) is 0 Å². The second-order valence-electron chi connectivity index (χ2n) is 5.24. The molecule has 0 spiro atoms. The molecule has 0 amide bonds. The molecule has 106 valence electrons. The number of hydrogen-bond acceptors (Lipinski definition) is 4. The molecule has 3 rings (SSSR count). The van der Waals surface area contributed by atoms with Crippen molar-refractivity contribution < 1.29 is 0 Å². The van der Waals surface area contributed by atoms with Crippen LogP contribution in [0.15, 0.2) is 22.7 Å². The molecule has 5 nitrogen and oxygen atoms in total. The number of anilines is 1. The van der Waals surface area contributed by atoms with Crippen molar-refractivity contribution in [3.8, 4) is 11.4 Å². The predicted molar refractivity (Wildman–Crippen MR) is 83.9 cm³/mol. The lowest BCUT2D eigenvalue weighted by Gasteiger charge is -2.30. The van der Waals surface area contributed by atoms with Gasteiger partial charge in [0.25, 0.3) is 0 Å². The van der Waals surface area contributed by atoms with Gasteiger partial charge in [-0.3, -0.25) is 5.10 Å². The topological polar surface area (TPSA) is 56.8 Å². The molecular weight excluding hydrogens is 318 g/mol. The summed E-state index contributed by atoms with van der Waals surface area (Å²) in [5, 5.41) is 10.8. The molecular formula is C14H18BrN5. The van der Waals surface area contributed by atoms with Crippen molar-refractivity contribution in [2.75, 3.05) is 24.5 Å². The van der Waals surface area contributed by atoms with E-state index in [1.807, 2.05) is 6.07 Å². The minimum Gasteiger partial charge on any atom is -0.337 e. The molecule has 1 aliphatic rings. The van der Waals surface area contributed by atoms with Crippen LogP contribution in [0.4, 0.5) is 5.95 Å². The van der Waals surface area contributed by atoms with Crippen molar-refractivity contribution in [2.24, 2.45) is 0 Å². The largest absolute Gasteiger partial charge is 0.337 e. The van der Waals surface area contributed by atoms with Crippen molar-refractivity contribution in [3.05, 3.63) is 28.2 Å². The molecule has 1 aromatic carbocycles. The number of nitrogens with zero attached hydrogens (tertiary/aromatic N) is 3. The van der Waals surface area contributed by atoms with Gasteiger partial charge < -0.3 is 10.2 Å². The number of hydrogen-bond donors (Lipinski definition) is 2. The van der Waals surface area contributed by atoms with Crippen LogP contribution in [0.3, 0.4) is 0 Å². The highest BCUT2D eigenvalue weighted by atomic mass is 79.9. The van der Waals surface area contributed by atoms with Gasteiger partial charge in [-0.05, 0) is 31.5 Å². The van der Waals surface area contributed by atoms with Crippen molar-refractivity contribution in [2.45, 2.75) is 19.9 Å². The molecule has 2 N–H and O–H groups in total. The molecule has 0 radical (unpaired) electrons. The van der Waals surface area contributed by atoms with Gasteiger partial charge in [0.15, 0.2) is 5.82 Å². The van der Waals surface area contributed by atoms with Crippen LogP contribution in [-0.4, -0.2) is 40.9 Å². The van der Waals surface area contributed by atoms with Gasteiger partial charge in [0.05, 0.1) is 0 Å². The number of H-pyrrole nitrogens is 1. The summed E-state index contributed by atoms with van der Waals surface area (Å²) < 4.78 is 1.05. The second kappa shape index (κ2) is 5.54. The molecule has 0 bridgehead atoms. The Hall–Kier alpha value is -1.40. The zero-order valence-electron chi connectivity index (χ0n) is 11.7. The summed E-state index contributed by atoms with van der Waals surface area (Å²) in [7, 11) is 0. The van der Waals surface area contributed by atoms with E-state index < -0.39 is 0 Å². The van der Waals surface area contributed by atoms with Crippen LogP contribution in [0.5, 0.6) is 0 Å². The molecule has 20 heavy (non-hydrogen) atoms. The Morgan fingerprint density at radius 3 is 3.05 bits per heavy atom. The monoisotopic (exact) mass is 335 g/mol. The van der Waals surface area contributed by atoms with Crippen LogP contribution in [0.2, 0.25) is 0 Å². The van der Waals surface area contributed by atoms with E-state index in [1.54, 1.807) is 0 Å². The first-order chi connectivity index (χ1) is 9.63. The van der Waals surface area contributed by atoms with E-state index in [4.69, 9.17) is 0 Å². The van der Waals surface area contributed by atoms with Crippen molar-refractivity contribution in [1.29, 1.82) is 0 Å². The highest BCUT2D eigenvalue weighted by molar-refractivity contribution is 9.10. The van der Waals surface area contributed by atoms with Crippen molar-refractivity contribution in [1.82, 2.24) is 20.5 Å². The number of aromatic nitrogens is 3. The van der Waals surface area contributed by atoms with E-state index in [1.165, 1.54) is 5.56 Å². The Morgan fingerprint density at radius 1 is 1.40 bits per heavy atom. The number of aromatic amines is 1. The summed E-state index contributed by atoms with van der Waals surface area (Å²) >= 11 is 3.50. The molecule has 1 aliphatic heterocycles. The fourth-order valence-electron chi connectivity index (χ4n) is 2.48. The third-order valence-corrected chi connectivity index (χ3v) is 4.07. The minimum atomic E-state index is 0.471. The Labute approximate surface area is 126 Å². The Balaban J connectivity index is 1.88. The van der Waals surface area contributed by atoms with Gasteiger partial charge in [0.2, 0.25) is 5.95 Å². The lowest BCUT2D eigenvalue weighted by molar-refractivity contribution is 0.480. The maximum Gasteiger partial charge on any atom is 0.245 e. The number of piperazine rings is 1. The molecule has 0 saturated carbocycles. The molecule has 1 atom stereocenters. The van der Waals surface area contributed by atoms with E-state index in [-0.39, 0.29) is 0 Å². The molecule has 0 unspecified atom stereocenters. The summed E-state index contributed by atoms with van der Waals surface area (Å²) in [4.78, 5) is 6.87. The summed E-state index contributed by atoms with van der Waals surface area (Å²) in [6.07, 6.45) is 0. The second-order valence-corrected chi connectivity index (χ2v) is 6.16. The third kappa shape index (κ3) is 2.71. The zero-order chi connectivity index (χ0) is 14.1. The van der Waals surface area contributed by atoms with Crippen LogP contribution in [0, 0.1) is 6.92 Å². The quantitative estimate of drug-likeness (QED) is 0.884. The first-order valence-corrected chi connectivity index (χ1v) is 7.60. The van der Waals surface area contributed by atoms with E-state index in [0.29, 0.717) is 6.04 Å². The summed E-state index contributed by atoms with van der Waals surface area (Å²) in [5.74, 6) is 1.61. The number of rotatable bonds is 2. The maximum atomic E-state index is 4.65. The summed E-state index contributed by atoms with van der Waals surface area (Å²) in [5.41, 5.74) is 2.27. The lowest BCUT2D eigenvalue weighted by Crippen LogP contribution is -2.49. The van der Waals surface area contributed by atoms with Gasteiger partial charge in [-0.2, -0.15) is 4.98 Å². The zero-order valence-corrected chi connectivity index (χ0v) is 13.2. The number of aryl methyl sites for hydroxylation is 1. The Bertz CT molecular complexity index is 609. The molecule has 1 fully saturated rings. The van der Waals surface area contributed by atoms with Crippen molar-refractivity contribution >= 4 is 21.9 Å². The molecule has 1 aromatic heterocycles. The van der Waals surface area contributed by atoms with E-state index in [9.17, 15) is 0 Å². The Kier molecular flexibility index (Phi) is 3.76. The van der Waals surface area contributed by atoms with E-state index in [2.05, 4.69) is 67.3 Å². The van der Waals surface area contributed by atoms with Gasteiger partial charge in [0, 0.05) is 35.7 Å². The van der Waals surface area contributed by atoms with Gasteiger partial charge in [-0.25, -0.2) is 0 Å². The van der Waals surface area contributed by atoms with Crippen LogP contribution in [0.1, 0.15) is 12.5 Å². The molecule has 0 aliphatic carbocycles. The van der Waals surface area contributed by atoms with Crippen LogP contribution < -0.4 is 10.2 Å². The summed E-state index contributed by atoms with van der Waals surface area (Å²) in [6.45, 7) is 7.11. The SMILES string of the molecule is Cc1ccc(Br)cc1-c1nc(N2CCN[C@H](C)C2)n[nH]1. The Morgan fingerprint density at radius 2 is 2.25 bits per heavy atom. The number of benzene rings is 1. The molecule has 2 aromatic rings. The third-order valence-electron chi connectivity index (χ3n) is 3.58. The van der Waals surface area contributed by atoms with Crippen LogP contribution in [-0.2, 0) is 0 Å². The fraction of sp³-hybridized carbons (Fsp3) is 0.429. The number of halogens is 1. The average Bonchev–Trinajstić information content (AvgIpc) is 2.91. The highest BCUT2D eigenvalue weighted by Gasteiger charge is 2.19. The molecule has 2 heterocycles. The average molecular weight is 336 g/mol. The van der Waals surface area contributed by atoms with Crippen LogP contribution >= 0.6 is 15.9 Å². The normalized spacial score (nSPS) is 19.4. The van der Waals surface area contributed by atoms with Crippen LogP contribution in [0.25, 0.3) is 11.4 Å². The first kappa shape index (κ1) is 13.6. The maximum absolute atomic E-state index is 4.65. The fourth-order valence-corrected chi connectivity index (χ4v) is 2.84. The van der Waals surface area contributed by atoms with Gasteiger partial charge >= 0.3 is 0 Å². The predicted octanol–water partition coefficient (Wildman–Crippen LogP) is 2.34. The first-order valence-electron chi connectivity index (χ1n) is 6.81. The standard InChI is InChI=1S/C14H18BrN5/c1-9-3-4-11(15)7-12(9)13-17-14(19-18-13)20-6-5-16-10(2)8-20/h3-4,7,10,16H,5-6,8H2,1-2H3,(H,17,18,19)/t10-/m1/s1. The summed E-state index contributed by atoms with van der Waals surface area (Å²) in [6, 6.07) is 6.65. The lowest BCUT2D eigenvalue weighted by atomic mass is 10.1. The van der Waals surface area contributed by atoms with Gasteiger partial charge in [-0.1, -0.05) is 22.0 Å². The van der Waals surface area contributed by atoms with Crippen molar-refractivity contribution in [3.63, 3.8) is 0 Å². The van der Waals surface area contributed by atoms with E-state index in [0.717, 1.165) is 41.4 Å². The van der Waals surface area contributed by atoms with E-state index >= 15 is 0 Å². The highest BCUT2D eigenvalue weighted by Crippen LogP contribution is 2.25. The minimum absolute atomic E-state index is 0.471. The van der Waals surface area contributed by atoms with Gasteiger partial charge in [-0.15, -0.1) is 5.10 Å². The smallest absolute Gasteiger partial charge is 0.245 e.